The first-order valence-corrected chi connectivity index (χ1v) is 7.75. The van der Waals surface area contributed by atoms with Gasteiger partial charge in [-0.1, -0.05) is 51.3 Å². The van der Waals surface area contributed by atoms with Gasteiger partial charge in [-0.25, -0.2) is 0 Å². The second-order valence-electron chi connectivity index (χ2n) is 5.14. The average molecular weight is 263 g/mol. The molecule has 0 aromatic heterocycles. The number of nitrogens with one attached hydrogen (secondary N) is 1. The van der Waals surface area contributed by atoms with Crippen molar-refractivity contribution in [3.05, 3.63) is 30.3 Å². The average Bonchev–Trinajstić information content (AvgIpc) is 2.47. The number of unbranched alkanes of at least 4 members (excludes halogenated alkanes) is 1. The summed E-state index contributed by atoms with van der Waals surface area (Å²) in [5.41, 5.74) is 0. The van der Waals surface area contributed by atoms with Crippen LogP contribution in [0.2, 0.25) is 0 Å². The number of benzene rings is 1. The Bertz CT molecular complexity index is 299. The molecule has 1 atom stereocenters. The molecule has 0 aliphatic rings. The fraction of sp³-hybridized carbons (Fsp3) is 0.647. The van der Waals surface area contributed by atoms with Gasteiger partial charge in [0, 0.05) is 0 Å². The van der Waals surface area contributed by atoms with Crippen LogP contribution in [0.5, 0.6) is 5.75 Å². The van der Waals surface area contributed by atoms with E-state index in [1.54, 1.807) is 0 Å². The molecule has 0 saturated carbocycles. The third kappa shape index (κ3) is 7.89. The smallest absolute Gasteiger partial charge is 0.119 e. The van der Waals surface area contributed by atoms with Crippen LogP contribution in [0, 0.1) is 5.92 Å². The molecule has 108 valence electrons. The molecule has 0 bridgehead atoms. The highest BCUT2D eigenvalue weighted by atomic mass is 16.5. The fourth-order valence-electron chi connectivity index (χ4n) is 2.15. The van der Waals surface area contributed by atoms with E-state index in [4.69, 9.17) is 4.74 Å². The lowest BCUT2D eigenvalue weighted by Gasteiger charge is -2.15. The summed E-state index contributed by atoms with van der Waals surface area (Å²) < 4.78 is 5.66. The second kappa shape index (κ2) is 10.9. The topological polar surface area (TPSA) is 21.3 Å². The van der Waals surface area contributed by atoms with Crippen molar-refractivity contribution in [3.8, 4) is 5.75 Å². The summed E-state index contributed by atoms with van der Waals surface area (Å²) in [7, 11) is 0. The normalized spacial score (nSPS) is 12.3. The van der Waals surface area contributed by atoms with E-state index < -0.39 is 0 Å². The molecule has 0 heterocycles. The van der Waals surface area contributed by atoms with Gasteiger partial charge in [-0.15, -0.1) is 0 Å². The van der Waals surface area contributed by atoms with Gasteiger partial charge in [-0.3, -0.25) is 0 Å². The first kappa shape index (κ1) is 16.0. The van der Waals surface area contributed by atoms with Crippen molar-refractivity contribution < 1.29 is 4.74 Å². The van der Waals surface area contributed by atoms with Gasteiger partial charge in [-0.2, -0.15) is 0 Å². The zero-order chi connectivity index (χ0) is 13.8. The molecule has 0 amide bonds. The summed E-state index contributed by atoms with van der Waals surface area (Å²) in [6.07, 6.45) is 6.38. The SMILES string of the molecule is CCCCC(CC)CNCCCOc1ccccc1. The maximum Gasteiger partial charge on any atom is 0.119 e. The van der Waals surface area contributed by atoms with Crippen LogP contribution >= 0.6 is 0 Å². The van der Waals surface area contributed by atoms with Gasteiger partial charge in [-0.05, 0) is 44.0 Å². The van der Waals surface area contributed by atoms with Crippen molar-refractivity contribution in [1.29, 1.82) is 0 Å². The van der Waals surface area contributed by atoms with Gasteiger partial charge in [0.05, 0.1) is 6.61 Å². The molecule has 0 spiro atoms. The Balaban J connectivity index is 1.98. The third-order valence-corrected chi connectivity index (χ3v) is 3.49. The van der Waals surface area contributed by atoms with Gasteiger partial charge in [0.1, 0.15) is 5.75 Å². The second-order valence-corrected chi connectivity index (χ2v) is 5.14. The molecule has 0 radical (unpaired) electrons. The zero-order valence-electron chi connectivity index (χ0n) is 12.5. The molecule has 1 aromatic rings. The Morgan fingerprint density at radius 2 is 1.89 bits per heavy atom. The fourth-order valence-corrected chi connectivity index (χ4v) is 2.15. The summed E-state index contributed by atoms with van der Waals surface area (Å²) in [4.78, 5) is 0. The summed E-state index contributed by atoms with van der Waals surface area (Å²) >= 11 is 0. The highest BCUT2D eigenvalue weighted by Crippen LogP contribution is 2.11. The molecule has 2 nitrogen and oxygen atoms in total. The van der Waals surface area contributed by atoms with Crippen molar-refractivity contribution in [2.45, 2.75) is 46.0 Å². The molecular formula is C17H29NO. The van der Waals surface area contributed by atoms with E-state index >= 15 is 0 Å². The summed E-state index contributed by atoms with van der Waals surface area (Å²) in [5, 5.41) is 3.55. The highest BCUT2D eigenvalue weighted by molar-refractivity contribution is 5.20. The number of rotatable bonds is 11. The Morgan fingerprint density at radius 1 is 1.11 bits per heavy atom. The standard InChI is InChI=1S/C17H29NO/c1-3-5-10-16(4-2)15-18-13-9-14-19-17-11-7-6-8-12-17/h6-8,11-12,16,18H,3-5,9-10,13-15H2,1-2H3. The minimum Gasteiger partial charge on any atom is -0.494 e. The lowest BCUT2D eigenvalue weighted by atomic mass is 9.99. The lowest BCUT2D eigenvalue weighted by molar-refractivity contribution is 0.304. The van der Waals surface area contributed by atoms with E-state index in [1.807, 2.05) is 30.3 Å². The predicted octanol–water partition coefficient (Wildman–Crippen LogP) is 4.26. The van der Waals surface area contributed by atoms with Gasteiger partial charge in [0.25, 0.3) is 0 Å². The minimum atomic E-state index is 0.794. The quantitative estimate of drug-likeness (QED) is 0.602. The Labute approximate surface area is 118 Å². The molecule has 1 aromatic carbocycles. The van der Waals surface area contributed by atoms with Crippen LogP contribution in [0.3, 0.4) is 0 Å². The van der Waals surface area contributed by atoms with E-state index in [1.165, 1.54) is 25.7 Å². The van der Waals surface area contributed by atoms with E-state index in [0.29, 0.717) is 0 Å². The first-order chi connectivity index (χ1) is 9.36. The van der Waals surface area contributed by atoms with Crippen LogP contribution in [0.1, 0.15) is 46.0 Å². The van der Waals surface area contributed by atoms with Gasteiger partial charge in [0.2, 0.25) is 0 Å². The van der Waals surface area contributed by atoms with Crippen molar-refractivity contribution in [2.24, 2.45) is 5.92 Å². The van der Waals surface area contributed by atoms with Gasteiger partial charge in [0.15, 0.2) is 0 Å². The maximum absolute atomic E-state index is 5.66. The van der Waals surface area contributed by atoms with E-state index in [9.17, 15) is 0 Å². The Kier molecular flexibility index (Phi) is 9.17. The van der Waals surface area contributed by atoms with Crippen LogP contribution in [0.25, 0.3) is 0 Å². The molecule has 19 heavy (non-hydrogen) atoms. The summed E-state index contributed by atoms with van der Waals surface area (Å²) in [5.74, 6) is 1.81. The van der Waals surface area contributed by atoms with Crippen LogP contribution < -0.4 is 10.1 Å². The van der Waals surface area contributed by atoms with Crippen molar-refractivity contribution in [1.82, 2.24) is 5.32 Å². The van der Waals surface area contributed by atoms with E-state index in [0.717, 1.165) is 37.8 Å². The molecular weight excluding hydrogens is 234 g/mol. The molecule has 1 rings (SSSR count). The molecule has 2 heteroatoms. The van der Waals surface area contributed by atoms with Crippen LogP contribution in [0.15, 0.2) is 30.3 Å². The molecule has 0 saturated heterocycles. The van der Waals surface area contributed by atoms with Crippen LogP contribution in [-0.4, -0.2) is 19.7 Å². The molecule has 1 unspecified atom stereocenters. The number of hydrogen-bond acceptors (Lipinski definition) is 2. The largest absolute Gasteiger partial charge is 0.494 e. The van der Waals surface area contributed by atoms with Gasteiger partial charge < -0.3 is 10.1 Å². The lowest BCUT2D eigenvalue weighted by Crippen LogP contribution is -2.24. The molecule has 1 N–H and O–H groups in total. The van der Waals surface area contributed by atoms with Crippen molar-refractivity contribution in [2.75, 3.05) is 19.7 Å². The molecule has 0 aliphatic heterocycles. The number of para-hydroxylation sites is 1. The maximum atomic E-state index is 5.66. The number of hydrogen-bond donors (Lipinski definition) is 1. The van der Waals surface area contributed by atoms with Crippen LogP contribution in [0.4, 0.5) is 0 Å². The Morgan fingerprint density at radius 3 is 2.58 bits per heavy atom. The molecule has 0 aliphatic carbocycles. The summed E-state index contributed by atoms with van der Waals surface area (Å²) in [6.45, 7) is 7.56. The highest BCUT2D eigenvalue weighted by Gasteiger charge is 2.04. The minimum absolute atomic E-state index is 0.794. The first-order valence-electron chi connectivity index (χ1n) is 7.75. The zero-order valence-corrected chi connectivity index (χ0v) is 12.5. The monoisotopic (exact) mass is 263 g/mol. The Hall–Kier alpha value is -1.02. The third-order valence-electron chi connectivity index (χ3n) is 3.49. The predicted molar refractivity (Wildman–Crippen MR) is 82.7 cm³/mol. The van der Waals surface area contributed by atoms with Gasteiger partial charge >= 0.3 is 0 Å². The van der Waals surface area contributed by atoms with Crippen LogP contribution in [-0.2, 0) is 0 Å². The van der Waals surface area contributed by atoms with Crippen molar-refractivity contribution in [3.63, 3.8) is 0 Å². The van der Waals surface area contributed by atoms with E-state index in [2.05, 4.69) is 19.2 Å². The van der Waals surface area contributed by atoms with E-state index in [-0.39, 0.29) is 0 Å². The van der Waals surface area contributed by atoms with Crippen molar-refractivity contribution >= 4 is 0 Å². The number of ether oxygens (including phenoxy) is 1. The molecule has 0 fully saturated rings. The summed E-state index contributed by atoms with van der Waals surface area (Å²) in [6, 6.07) is 10.0.